The van der Waals surface area contributed by atoms with E-state index in [9.17, 15) is 9.90 Å². The number of hydrogen-bond donors (Lipinski definition) is 1. The number of benzene rings is 3. The minimum absolute atomic E-state index is 0.0624. The number of phenols is 1. The lowest BCUT2D eigenvalue weighted by Gasteiger charge is -2.30. The van der Waals surface area contributed by atoms with E-state index in [4.69, 9.17) is 4.74 Å². The summed E-state index contributed by atoms with van der Waals surface area (Å²) in [6.07, 6.45) is 1.28. The zero-order chi connectivity index (χ0) is 22.2. The van der Waals surface area contributed by atoms with Gasteiger partial charge in [0.2, 0.25) is 5.78 Å². The van der Waals surface area contributed by atoms with Gasteiger partial charge in [0.15, 0.2) is 5.75 Å². The first kappa shape index (κ1) is 20.7. The van der Waals surface area contributed by atoms with Crippen LogP contribution < -0.4 is 4.74 Å². The van der Waals surface area contributed by atoms with Gasteiger partial charge in [-0.1, -0.05) is 35.9 Å². The van der Waals surface area contributed by atoms with Crippen LogP contribution in [0.5, 0.6) is 17.2 Å². The number of rotatable bonds is 6. The van der Waals surface area contributed by atoms with Gasteiger partial charge in [-0.2, -0.15) is 0 Å². The third kappa shape index (κ3) is 4.01. The number of thiophene rings is 1. The van der Waals surface area contributed by atoms with Crippen LogP contribution in [0.4, 0.5) is 0 Å². The van der Waals surface area contributed by atoms with Crippen LogP contribution in [0.1, 0.15) is 38.3 Å². The molecule has 0 bridgehead atoms. The summed E-state index contributed by atoms with van der Waals surface area (Å²) in [6.45, 7) is 7.25. The molecule has 1 aliphatic heterocycles. The molecule has 4 nitrogen and oxygen atoms in total. The van der Waals surface area contributed by atoms with E-state index in [1.54, 1.807) is 12.1 Å². The summed E-state index contributed by atoms with van der Waals surface area (Å²) in [5.41, 5.74) is 3.98. The predicted octanol–water partition coefficient (Wildman–Crippen LogP) is 6.45. The molecule has 0 radical (unpaired) electrons. The first-order valence-corrected chi connectivity index (χ1v) is 11.7. The second kappa shape index (κ2) is 8.41. The average molecular weight is 444 g/mol. The van der Waals surface area contributed by atoms with Gasteiger partial charge in [-0.25, -0.2) is 0 Å². The zero-order valence-electron chi connectivity index (χ0n) is 18.2. The van der Waals surface area contributed by atoms with Crippen LogP contribution in [0.2, 0.25) is 0 Å². The molecule has 0 amide bonds. The summed E-state index contributed by atoms with van der Waals surface area (Å²) < 4.78 is 7.13. The van der Waals surface area contributed by atoms with Gasteiger partial charge in [0.05, 0.1) is 0 Å². The van der Waals surface area contributed by atoms with E-state index < -0.39 is 0 Å². The monoisotopic (exact) mass is 443 g/mol. The number of aryl methyl sites for hydroxylation is 2. The van der Waals surface area contributed by atoms with Crippen molar-refractivity contribution in [2.75, 3.05) is 13.1 Å². The van der Waals surface area contributed by atoms with E-state index in [0.29, 0.717) is 21.9 Å². The first-order chi connectivity index (χ1) is 15.5. The van der Waals surface area contributed by atoms with E-state index in [1.165, 1.54) is 23.3 Å². The van der Waals surface area contributed by atoms with E-state index >= 15 is 0 Å². The fourth-order valence-corrected chi connectivity index (χ4v) is 5.20. The molecule has 1 aliphatic rings. The number of hydrogen-bond acceptors (Lipinski definition) is 5. The SMILES string of the molecule is Cc1ccc(C(=O)c2sc3cc(O)ccc3c2Oc2ccc(CN3CCC3)cc2)c(C)c1. The van der Waals surface area contributed by atoms with Gasteiger partial charge in [-0.05, 0) is 74.8 Å². The maximum atomic E-state index is 13.5. The van der Waals surface area contributed by atoms with Gasteiger partial charge < -0.3 is 9.84 Å². The van der Waals surface area contributed by atoms with Crippen LogP contribution in [-0.4, -0.2) is 28.9 Å². The van der Waals surface area contributed by atoms with Gasteiger partial charge >= 0.3 is 0 Å². The van der Waals surface area contributed by atoms with E-state index in [0.717, 1.165) is 40.8 Å². The normalized spacial score (nSPS) is 13.8. The highest BCUT2D eigenvalue weighted by atomic mass is 32.1. The highest BCUT2D eigenvalue weighted by molar-refractivity contribution is 7.21. The number of aromatic hydroxyl groups is 1. The van der Waals surface area contributed by atoms with Gasteiger partial charge in [0, 0.05) is 22.2 Å². The topological polar surface area (TPSA) is 49.8 Å². The van der Waals surface area contributed by atoms with Crippen molar-refractivity contribution in [2.45, 2.75) is 26.8 Å². The molecule has 32 heavy (non-hydrogen) atoms. The van der Waals surface area contributed by atoms with E-state index in [2.05, 4.69) is 17.0 Å². The maximum absolute atomic E-state index is 13.5. The fourth-order valence-electron chi connectivity index (χ4n) is 4.08. The van der Waals surface area contributed by atoms with Crippen molar-refractivity contribution < 1.29 is 14.6 Å². The van der Waals surface area contributed by atoms with Crippen molar-refractivity contribution in [2.24, 2.45) is 0 Å². The molecule has 5 heteroatoms. The number of ether oxygens (including phenoxy) is 1. The van der Waals surface area contributed by atoms with Crippen molar-refractivity contribution in [1.29, 1.82) is 0 Å². The molecule has 1 aromatic heterocycles. The summed E-state index contributed by atoms with van der Waals surface area (Å²) in [7, 11) is 0. The number of carbonyl (C=O) groups is 1. The number of likely N-dealkylation sites (tertiary alicyclic amines) is 1. The molecular weight excluding hydrogens is 418 g/mol. The number of fused-ring (bicyclic) bond motifs is 1. The second-order valence-corrected chi connectivity index (χ2v) is 9.52. The summed E-state index contributed by atoms with van der Waals surface area (Å²) in [5.74, 6) is 1.35. The molecule has 0 unspecified atom stereocenters. The number of phenolic OH excluding ortho intramolecular Hbond substituents is 1. The Balaban J connectivity index is 1.51. The molecule has 0 aliphatic carbocycles. The van der Waals surface area contributed by atoms with Crippen molar-refractivity contribution in [3.63, 3.8) is 0 Å². The van der Waals surface area contributed by atoms with Crippen molar-refractivity contribution in [1.82, 2.24) is 4.90 Å². The van der Waals surface area contributed by atoms with Crippen LogP contribution >= 0.6 is 11.3 Å². The summed E-state index contributed by atoms with van der Waals surface area (Å²) >= 11 is 1.35. The zero-order valence-corrected chi connectivity index (χ0v) is 19.0. The van der Waals surface area contributed by atoms with Gasteiger partial charge in [-0.3, -0.25) is 9.69 Å². The number of nitrogens with zero attached hydrogens (tertiary/aromatic N) is 1. The lowest BCUT2D eigenvalue weighted by Crippen LogP contribution is -2.36. The summed E-state index contributed by atoms with van der Waals surface area (Å²) in [4.78, 5) is 16.5. The van der Waals surface area contributed by atoms with Crippen LogP contribution in [-0.2, 0) is 6.54 Å². The van der Waals surface area contributed by atoms with Crippen LogP contribution in [0, 0.1) is 13.8 Å². The number of carbonyl (C=O) groups excluding carboxylic acids is 1. The Morgan fingerprint density at radius 3 is 2.50 bits per heavy atom. The third-order valence-electron chi connectivity index (χ3n) is 5.96. The predicted molar refractivity (Wildman–Crippen MR) is 129 cm³/mol. The van der Waals surface area contributed by atoms with Gasteiger partial charge in [0.25, 0.3) is 0 Å². The third-order valence-corrected chi connectivity index (χ3v) is 7.09. The molecule has 1 fully saturated rings. The molecule has 0 saturated carbocycles. The van der Waals surface area contributed by atoms with Crippen molar-refractivity contribution >= 4 is 27.2 Å². The standard InChI is InChI=1S/C27H25NO3S/c1-17-4-10-22(18(2)14-17)25(30)27-26(23-11-7-20(29)15-24(23)32-27)31-21-8-5-19(6-9-21)16-28-12-3-13-28/h4-11,14-15,29H,3,12-13,16H2,1-2H3. The van der Waals surface area contributed by atoms with Gasteiger partial charge in [0.1, 0.15) is 16.4 Å². The average Bonchev–Trinajstić information content (AvgIpc) is 3.09. The highest BCUT2D eigenvalue weighted by Crippen LogP contribution is 2.43. The maximum Gasteiger partial charge on any atom is 0.207 e. The van der Waals surface area contributed by atoms with E-state index in [1.807, 2.05) is 50.2 Å². The molecule has 2 heterocycles. The summed E-state index contributed by atoms with van der Waals surface area (Å²) in [5, 5.41) is 10.8. The molecule has 162 valence electrons. The quantitative estimate of drug-likeness (QED) is 0.348. The van der Waals surface area contributed by atoms with Crippen LogP contribution in [0.25, 0.3) is 10.1 Å². The van der Waals surface area contributed by atoms with Crippen LogP contribution in [0.15, 0.2) is 60.7 Å². The molecule has 5 rings (SSSR count). The largest absolute Gasteiger partial charge is 0.508 e. The molecule has 1 saturated heterocycles. The van der Waals surface area contributed by atoms with Gasteiger partial charge in [-0.15, -0.1) is 11.3 Å². The van der Waals surface area contributed by atoms with Crippen LogP contribution in [0.3, 0.4) is 0 Å². The Bertz CT molecular complexity index is 1300. The lowest BCUT2D eigenvalue weighted by molar-refractivity contribution is 0.104. The second-order valence-electron chi connectivity index (χ2n) is 8.46. The molecule has 3 aromatic carbocycles. The first-order valence-electron chi connectivity index (χ1n) is 10.8. The Morgan fingerprint density at radius 1 is 1.03 bits per heavy atom. The fraction of sp³-hybridized carbons (Fsp3) is 0.222. The molecule has 1 N–H and O–H groups in total. The minimum atomic E-state index is -0.0624. The Morgan fingerprint density at radius 2 is 1.81 bits per heavy atom. The Kier molecular flexibility index (Phi) is 5.45. The smallest absolute Gasteiger partial charge is 0.207 e. The lowest BCUT2D eigenvalue weighted by atomic mass is 10.0. The van der Waals surface area contributed by atoms with Crippen molar-refractivity contribution in [3.8, 4) is 17.2 Å². The molecule has 0 spiro atoms. The van der Waals surface area contributed by atoms with Crippen molar-refractivity contribution in [3.05, 3.63) is 87.8 Å². The van der Waals surface area contributed by atoms with E-state index in [-0.39, 0.29) is 11.5 Å². The summed E-state index contributed by atoms with van der Waals surface area (Å²) in [6, 6.07) is 19.1. The molecule has 4 aromatic rings. The molecule has 0 atom stereocenters. The Hall–Kier alpha value is -3.15. The highest BCUT2D eigenvalue weighted by Gasteiger charge is 2.23. The molecular formula is C27H25NO3S. The Labute approximate surface area is 191 Å². The number of ketones is 1. The minimum Gasteiger partial charge on any atom is -0.508 e.